The monoisotopic (exact) mass is 448 g/mol. The quantitative estimate of drug-likeness (QED) is 0.309. The number of carbonyl (C=O) groups excluding carboxylic acids is 2. The van der Waals surface area contributed by atoms with Gasteiger partial charge in [-0.1, -0.05) is 41.9 Å². The first kappa shape index (κ1) is 21.5. The summed E-state index contributed by atoms with van der Waals surface area (Å²) in [5.74, 6) is 0.570. The Labute approximate surface area is 191 Å². The second-order valence-corrected chi connectivity index (χ2v) is 7.49. The van der Waals surface area contributed by atoms with Crippen molar-refractivity contribution in [3.63, 3.8) is 0 Å². The van der Waals surface area contributed by atoms with E-state index in [9.17, 15) is 9.59 Å². The summed E-state index contributed by atoms with van der Waals surface area (Å²) in [6.45, 7) is 0.976. The molecule has 7 heteroatoms. The second kappa shape index (κ2) is 10.0. The van der Waals surface area contributed by atoms with Gasteiger partial charge in [-0.25, -0.2) is 5.01 Å². The maximum atomic E-state index is 12.7. The minimum Gasteiger partial charge on any atom is -0.493 e. The molecule has 0 saturated carbocycles. The third-order valence-electron chi connectivity index (χ3n) is 4.71. The number of nitrogens with zero attached hydrogens (tertiary/aromatic N) is 1. The smallest absolute Gasteiger partial charge is 0.282 e. The van der Waals surface area contributed by atoms with Crippen LogP contribution < -0.4 is 19.9 Å². The van der Waals surface area contributed by atoms with Crippen molar-refractivity contribution in [1.29, 1.82) is 0 Å². The summed E-state index contributed by atoms with van der Waals surface area (Å²) < 4.78 is 11.4. The van der Waals surface area contributed by atoms with Crippen LogP contribution in [0.15, 0.2) is 84.4 Å². The molecule has 0 radical (unpaired) electrons. The maximum absolute atomic E-state index is 12.7. The normalized spacial score (nSPS) is 14.5. The molecule has 3 aromatic carbocycles. The zero-order chi connectivity index (χ0) is 22.3. The number of hydrazine groups is 1. The molecule has 1 N–H and O–H groups in total. The number of rotatable bonds is 8. The van der Waals surface area contributed by atoms with Crippen molar-refractivity contribution < 1.29 is 19.1 Å². The fraction of sp³-hybridized carbons (Fsp3) is 0.120. The third kappa shape index (κ3) is 5.28. The Bertz CT molecular complexity index is 1130. The van der Waals surface area contributed by atoms with Crippen molar-refractivity contribution in [2.45, 2.75) is 6.42 Å². The molecule has 32 heavy (non-hydrogen) atoms. The Kier molecular flexibility index (Phi) is 6.72. The molecule has 0 atom stereocenters. The largest absolute Gasteiger partial charge is 0.493 e. The van der Waals surface area contributed by atoms with Gasteiger partial charge >= 0.3 is 0 Å². The molecule has 0 bridgehead atoms. The Morgan fingerprint density at radius 2 is 1.56 bits per heavy atom. The highest BCUT2D eigenvalue weighted by molar-refractivity contribution is 6.31. The van der Waals surface area contributed by atoms with Crippen LogP contribution in [0.25, 0.3) is 6.08 Å². The van der Waals surface area contributed by atoms with E-state index < -0.39 is 11.8 Å². The number of nitrogens with one attached hydrogen (secondary N) is 1. The summed E-state index contributed by atoms with van der Waals surface area (Å²) in [4.78, 5) is 25.0. The standard InChI is InChI=1S/C25H21ClN2O4/c26-19-10-12-21(13-11-19)31-14-5-15-32-22-9-4-6-18(16-22)17-23-24(29)27-28(25(23)30)20-7-2-1-3-8-20/h1-4,6-13,16-17H,5,14-15H2,(H,27,29)/b23-17-. The lowest BCUT2D eigenvalue weighted by Crippen LogP contribution is -2.35. The van der Waals surface area contributed by atoms with E-state index in [0.29, 0.717) is 41.7 Å². The highest BCUT2D eigenvalue weighted by Crippen LogP contribution is 2.23. The summed E-state index contributed by atoms with van der Waals surface area (Å²) in [5, 5.41) is 1.91. The van der Waals surface area contributed by atoms with E-state index >= 15 is 0 Å². The predicted molar refractivity (Wildman–Crippen MR) is 124 cm³/mol. The van der Waals surface area contributed by atoms with E-state index in [1.165, 1.54) is 5.01 Å². The number of ether oxygens (including phenoxy) is 2. The van der Waals surface area contributed by atoms with Crippen molar-refractivity contribution in [2.75, 3.05) is 18.2 Å². The zero-order valence-electron chi connectivity index (χ0n) is 17.2. The van der Waals surface area contributed by atoms with Gasteiger partial charge in [0.25, 0.3) is 11.8 Å². The van der Waals surface area contributed by atoms with Crippen LogP contribution in [0.4, 0.5) is 5.69 Å². The van der Waals surface area contributed by atoms with Crippen LogP contribution in [0.5, 0.6) is 11.5 Å². The van der Waals surface area contributed by atoms with Crippen LogP contribution in [-0.4, -0.2) is 25.0 Å². The fourth-order valence-electron chi connectivity index (χ4n) is 3.15. The van der Waals surface area contributed by atoms with E-state index in [1.807, 2.05) is 36.4 Å². The zero-order valence-corrected chi connectivity index (χ0v) is 17.9. The van der Waals surface area contributed by atoms with Crippen LogP contribution in [0.3, 0.4) is 0 Å². The highest BCUT2D eigenvalue weighted by Gasteiger charge is 2.34. The van der Waals surface area contributed by atoms with Crippen LogP contribution >= 0.6 is 11.6 Å². The Hall–Kier alpha value is -3.77. The van der Waals surface area contributed by atoms with E-state index in [4.69, 9.17) is 21.1 Å². The van der Waals surface area contributed by atoms with E-state index in [1.54, 1.807) is 48.5 Å². The molecule has 1 heterocycles. The number of carbonyl (C=O) groups is 2. The van der Waals surface area contributed by atoms with E-state index in [-0.39, 0.29) is 5.57 Å². The number of hydrogen-bond donors (Lipinski definition) is 1. The summed E-state index contributed by atoms with van der Waals surface area (Å²) in [6, 6.07) is 23.4. The molecule has 2 amide bonds. The lowest BCUT2D eigenvalue weighted by atomic mass is 10.1. The summed E-state index contributed by atoms with van der Waals surface area (Å²) in [6.07, 6.45) is 2.26. The molecule has 3 aromatic rings. The van der Waals surface area contributed by atoms with Crippen LogP contribution in [0.2, 0.25) is 5.02 Å². The first-order valence-electron chi connectivity index (χ1n) is 10.1. The number of amides is 2. The average Bonchev–Trinajstić information content (AvgIpc) is 3.09. The van der Waals surface area contributed by atoms with Gasteiger partial charge in [-0.15, -0.1) is 0 Å². The van der Waals surface area contributed by atoms with Gasteiger partial charge in [-0.2, -0.15) is 0 Å². The molecule has 0 unspecified atom stereocenters. The summed E-state index contributed by atoms with van der Waals surface area (Å²) in [5.41, 5.74) is 3.97. The van der Waals surface area contributed by atoms with Crippen LogP contribution in [0.1, 0.15) is 12.0 Å². The molecule has 0 aromatic heterocycles. The molecule has 0 spiro atoms. The third-order valence-corrected chi connectivity index (χ3v) is 4.97. The van der Waals surface area contributed by atoms with Gasteiger partial charge in [0.05, 0.1) is 18.9 Å². The molecule has 4 rings (SSSR count). The van der Waals surface area contributed by atoms with Gasteiger partial charge in [-0.05, 0) is 60.2 Å². The van der Waals surface area contributed by atoms with Gasteiger partial charge in [0.15, 0.2) is 0 Å². The SMILES string of the molecule is O=C1NN(c2ccccc2)C(=O)/C1=C\c1cccc(OCCCOc2ccc(Cl)cc2)c1. The lowest BCUT2D eigenvalue weighted by Gasteiger charge is -2.13. The van der Waals surface area contributed by atoms with Crippen molar-refractivity contribution in [3.8, 4) is 11.5 Å². The van der Waals surface area contributed by atoms with Crippen molar-refractivity contribution >= 4 is 35.2 Å². The molecular formula is C25H21ClN2O4. The van der Waals surface area contributed by atoms with Gasteiger partial charge in [-0.3, -0.25) is 15.0 Å². The van der Waals surface area contributed by atoms with Gasteiger partial charge in [0, 0.05) is 11.4 Å². The number of anilines is 1. The van der Waals surface area contributed by atoms with Gasteiger partial charge in [0.2, 0.25) is 0 Å². The lowest BCUT2D eigenvalue weighted by molar-refractivity contribution is -0.117. The number of benzene rings is 3. The Morgan fingerprint density at radius 3 is 2.31 bits per heavy atom. The van der Waals surface area contributed by atoms with E-state index in [0.717, 1.165) is 5.75 Å². The number of halogens is 1. The van der Waals surface area contributed by atoms with Gasteiger partial charge in [0.1, 0.15) is 17.1 Å². The topological polar surface area (TPSA) is 67.9 Å². The Balaban J connectivity index is 1.33. The fourth-order valence-corrected chi connectivity index (χ4v) is 3.27. The maximum Gasteiger partial charge on any atom is 0.282 e. The number of hydrogen-bond acceptors (Lipinski definition) is 4. The first-order chi connectivity index (χ1) is 15.6. The summed E-state index contributed by atoms with van der Waals surface area (Å²) >= 11 is 5.86. The molecule has 1 fully saturated rings. The van der Waals surface area contributed by atoms with Crippen molar-refractivity contribution in [1.82, 2.24) is 5.43 Å². The molecule has 6 nitrogen and oxygen atoms in total. The minimum absolute atomic E-state index is 0.0716. The number of para-hydroxylation sites is 1. The molecular weight excluding hydrogens is 428 g/mol. The van der Waals surface area contributed by atoms with Crippen molar-refractivity contribution in [3.05, 3.63) is 95.0 Å². The van der Waals surface area contributed by atoms with Gasteiger partial charge < -0.3 is 9.47 Å². The average molecular weight is 449 g/mol. The van der Waals surface area contributed by atoms with E-state index in [2.05, 4.69) is 5.43 Å². The first-order valence-corrected chi connectivity index (χ1v) is 10.5. The molecule has 1 saturated heterocycles. The molecule has 0 aliphatic carbocycles. The molecule has 1 aliphatic heterocycles. The predicted octanol–water partition coefficient (Wildman–Crippen LogP) is 4.65. The van der Waals surface area contributed by atoms with Crippen LogP contribution in [-0.2, 0) is 9.59 Å². The molecule has 162 valence electrons. The Morgan fingerprint density at radius 1 is 0.844 bits per heavy atom. The summed E-state index contributed by atoms with van der Waals surface area (Å²) in [7, 11) is 0. The highest BCUT2D eigenvalue weighted by atomic mass is 35.5. The second-order valence-electron chi connectivity index (χ2n) is 7.05. The molecule has 1 aliphatic rings. The van der Waals surface area contributed by atoms with Crippen LogP contribution in [0, 0.1) is 0 Å². The minimum atomic E-state index is -0.440. The van der Waals surface area contributed by atoms with Crippen molar-refractivity contribution in [2.24, 2.45) is 0 Å².